The summed E-state index contributed by atoms with van der Waals surface area (Å²) in [6.07, 6.45) is -0.727. The number of methoxy groups -OCH3 is 1. The molecule has 3 rings (SSSR count). The van der Waals surface area contributed by atoms with E-state index in [0.29, 0.717) is 11.4 Å². The van der Waals surface area contributed by atoms with E-state index in [1.165, 1.54) is 14.2 Å². The van der Waals surface area contributed by atoms with Crippen LogP contribution in [-0.4, -0.2) is 51.1 Å². The van der Waals surface area contributed by atoms with Crippen LogP contribution in [0.4, 0.5) is 11.4 Å². The molecule has 8 heteroatoms. The molecule has 0 spiro atoms. The maximum Gasteiger partial charge on any atom is 0.339 e. The van der Waals surface area contributed by atoms with Gasteiger partial charge in [-0.1, -0.05) is 24.3 Å². The van der Waals surface area contributed by atoms with Gasteiger partial charge in [0, 0.05) is 7.05 Å². The van der Waals surface area contributed by atoms with Crippen LogP contribution >= 0.6 is 0 Å². The molecule has 1 aliphatic heterocycles. The first-order chi connectivity index (χ1) is 13.5. The van der Waals surface area contributed by atoms with Crippen LogP contribution in [-0.2, 0) is 14.3 Å². The highest BCUT2D eigenvalue weighted by molar-refractivity contribution is 6.02. The lowest BCUT2D eigenvalue weighted by Crippen LogP contribution is -2.50. The summed E-state index contributed by atoms with van der Waals surface area (Å²) in [7, 11) is 2.82. The van der Waals surface area contributed by atoms with Gasteiger partial charge in [0.05, 0.1) is 37.1 Å². The minimum Gasteiger partial charge on any atom is -0.477 e. The SMILES string of the molecule is CNC(=O)[C@H]1CN(CC(=O)Nc2ccccc2C(=O)OC)c2ccccc2O1. The van der Waals surface area contributed by atoms with Crippen LogP contribution in [0, 0.1) is 0 Å². The lowest BCUT2D eigenvalue weighted by molar-refractivity contribution is -0.127. The van der Waals surface area contributed by atoms with E-state index in [-0.39, 0.29) is 30.5 Å². The van der Waals surface area contributed by atoms with Crippen molar-refractivity contribution in [2.24, 2.45) is 0 Å². The average molecular weight is 383 g/mol. The van der Waals surface area contributed by atoms with Gasteiger partial charge in [0.25, 0.3) is 5.91 Å². The maximum atomic E-state index is 12.7. The minimum absolute atomic E-state index is 0.0105. The second kappa shape index (κ2) is 8.43. The number of esters is 1. The number of nitrogens with one attached hydrogen (secondary N) is 2. The monoisotopic (exact) mass is 383 g/mol. The highest BCUT2D eigenvalue weighted by atomic mass is 16.5. The van der Waals surface area contributed by atoms with Gasteiger partial charge in [-0.15, -0.1) is 0 Å². The van der Waals surface area contributed by atoms with E-state index in [9.17, 15) is 14.4 Å². The van der Waals surface area contributed by atoms with Gasteiger partial charge >= 0.3 is 5.97 Å². The standard InChI is InChI=1S/C20H21N3O5/c1-21-19(25)17-11-23(15-9-5-6-10-16(15)28-17)12-18(24)22-14-8-4-3-7-13(14)20(26)27-2/h3-10,17H,11-12H2,1-2H3,(H,21,25)(H,22,24)/t17-/m1/s1. The van der Waals surface area contributed by atoms with Crippen molar-refractivity contribution in [1.82, 2.24) is 5.32 Å². The zero-order chi connectivity index (χ0) is 20.1. The number of ether oxygens (including phenoxy) is 2. The fourth-order valence-electron chi connectivity index (χ4n) is 3.00. The van der Waals surface area contributed by atoms with Crippen molar-refractivity contribution in [3.05, 3.63) is 54.1 Å². The summed E-state index contributed by atoms with van der Waals surface area (Å²) in [5, 5.41) is 5.30. The van der Waals surface area contributed by atoms with Crippen LogP contribution < -0.4 is 20.3 Å². The van der Waals surface area contributed by atoms with E-state index in [4.69, 9.17) is 9.47 Å². The summed E-state index contributed by atoms with van der Waals surface area (Å²) in [4.78, 5) is 38.3. The fourth-order valence-corrected chi connectivity index (χ4v) is 3.00. The number of likely N-dealkylation sites (N-methyl/N-ethyl adjacent to an activating group) is 1. The second-order valence-electron chi connectivity index (χ2n) is 6.15. The Hall–Kier alpha value is -3.55. The Labute approximate surface area is 162 Å². The quantitative estimate of drug-likeness (QED) is 0.758. The topological polar surface area (TPSA) is 97.0 Å². The molecule has 1 heterocycles. The first-order valence-corrected chi connectivity index (χ1v) is 8.73. The molecule has 0 unspecified atom stereocenters. The third-order valence-electron chi connectivity index (χ3n) is 4.34. The summed E-state index contributed by atoms with van der Waals surface area (Å²) in [6.45, 7) is 0.214. The lowest BCUT2D eigenvalue weighted by atomic mass is 10.1. The van der Waals surface area contributed by atoms with Crippen LogP contribution in [0.5, 0.6) is 5.75 Å². The van der Waals surface area contributed by atoms with Crippen molar-refractivity contribution in [2.45, 2.75) is 6.10 Å². The Kier molecular flexibility index (Phi) is 5.78. The predicted octanol–water partition coefficient (Wildman–Crippen LogP) is 1.43. The molecule has 0 radical (unpaired) electrons. The molecule has 0 fully saturated rings. The number of amides is 2. The van der Waals surface area contributed by atoms with E-state index in [1.54, 1.807) is 41.3 Å². The smallest absolute Gasteiger partial charge is 0.339 e. The number of hydrogen-bond acceptors (Lipinski definition) is 6. The Morgan fingerprint density at radius 1 is 1.14 bits per heavy atom. The summed E-state index contributed by atoms with van der Waals surface area (Å²) in [5.74, 6) is -0.600. The molecule has 0 saturated carbocycles. The number of fused-ring (bicyclic) bond motifs is 1. The van der Waals surface area contributed by atoms with Gasteiger partial charge in [0.1, 0.15) is 5.75 Å². The van der Waals surface area contributed by atoms with Gasteiger partial charge in [-0.3, -0.25) is 9.59 Å². The van der Waals surface area contributed by atoms with Crippen molar-refractivity contribution in [3.8, 4) is 5.75 Å². The van der Waals surface area contributed by atoms with E-state index in [2.05, 4.69) is 10.6 Å². The summed E-state index contributed by atoms with van der Waals surface area (Å²) in [5.41, 5.74) is 1.35. The maximum absolute atomic E-state index is 12.7. The number of benzene rings is 2. The van der Waals surface area contributed by atoms with Crippen LogP contribution in [0.1, 0.15) is 10.4 Å². The molecule has 0 bridgehead atoms. The molecule has 0 aliphatic carbocycles. The fraction of sp³-hybridized carbons (Fsp3) is 0.250. The number of anilines is 2. The molecule has 2 N–H and O–H groups in total. The van der Waals surface area contributed by atoms with Crippen LogP contribution in [0.25, 0.3) is 0 Å². The first-order valence-electron chi connectivity index (χ1n) is 8.73. The normalized spacial score (nSPS) is 15.1. The van der Waals surface area contributed by atoms with Gasteiger partial charge in [-0.25, -0.2) is 4.79 Å². The van der Waals surface area contributed by atoms with Crippen molar-refractivity contribution in [3.63, 3.8) is 0 Å². The number of rotatable bonds is 5. The Morgan fingerprint density at radius 2 is 1.86 bits per heavy atom. The number of carbonyl (C=O) groups excluding carboxylic acids is 3. The van der Waals surface area contributed by atoms with Crippen molar-refractivity contribution >= 4 is 29.2 Å². The molecular formula is C20H21N3O5. The van der Waals surface area contributed by atoms with Gasteiger partial charge in [-0.05, 0) is 24.3 Å². The molecule has 28 heavy (non-hydrogen) atoms. The molecule has 1 aliphatic rings. The summed E-state index contributed by atoms with van der Waals surface area (Å²) in [6, 6.07) is 13.8. The van der Waals surface area contributed by atoms with Crippen LogP contribution in [0.2, 0.25) is 0 Å². The van der Waals surface area contributed by atoms with E-state index in [0.717, 1.165) is 5.69 Å². The number of para-hydroxylation sites is 3. The van der Waals surface area contributed by atoms with Crippen LogP contribution in [0.15, 0.2) is 48.5 Å². The van der Waals surface area contributed by atoms with Gasteiger partial charge in [-0.2, -0.15) is 0 Å². The third-order valence-corrected chi connectivity index (χ3v) is 4.34. The minimum atomic E-state index is -0.727. The van der Waals surface area contributed by atoms with Gasteiger partial charge in [0.2, 0.25) is 5.91 Å². The number of hydrogen-bond donors (Lipinski definition) is 2. The van der Waals surface area contributed by atoms with Crippen molar-refractivity contribution in [2.75, 3.05) is 37.5 Å². The van der Waals surface area contributed by atoms with Gasteiger partial charge < -0.3 is 25.0 Å². The first kappa shape index (κ1) is 19.2. The second-order valence-corrected chi connectivity index (χ2v) is 6.15. The van der Waals surface area contributed by atoms with Crippen molar-refractivity contribution < 1.29 is 23.9 Å². The van der Waals surface area contributed by atoms with Crippen molar-refractivity contribution in [1.29, 1.82) is 0 Å². The molecule has 8 nitrogen and oxygen atoms in total. The highest BCUT2D eigenvalue weighted by Crippen LogP contribution is 2.33. The highest BCUT2D eigenvalue weighted by Gasteiger charge is 2.31. The zero-order valence-corrected chi connectivity index (χ0v) is 15.6. The molecule has 2 aromatic carbocycles. The van der Waals surface area contributed by atoms with E-state index < -0.39 is 12.1 Å². The summed E-state index contributed by atoms with van der Waals surface area (Å²) >= 11 is 0. The molecule has 0 saturated heterocycles. The number of carbonyl (C=O) groups is 3. The van der Waals surface area contributed by atoms with E-state index in [1.807, 2.05) is 12.1 Å². The largest absolute Gasteiger partial charge is 0.477 e. The Bertz CT molecular complexity index is 899. The number of nitrogens with zero attached hydrogens (tertiary/aromatic N) is 1. The lowest BCUT2D eigenvalue weighted by Gasteiger charge is -2.35. The Morgan fingerprint density at radius 3 is 2.61 bits per heavy atom. The molecule has 146 valence electrons. The third kappa shape index (κ3) is 4.06. The molecule has 2 aromatic rings. The predicted molar refractivity (Wildman–Crippen MR) is 104 cm³/mol. The zero-order valence-electron chi connectivity index (χ0n) is 15.6. The van der Waals surface area contributed by atoms with Gasteiger partial charge in [0.15, 0.2) is 6.10 Å². The van der Waals surface area contributed by atoms with Crippen LogP contribution in [0.3, 0.4) is 0 Å². The molecule has 2 amide bonds. The molecular weight excluding hydrogens is 362 g/mol. The average Bonchev–Trinajstić information content (AvgIpc) is 2.72. The van der Waals surface area contributed by atoms with E-state index >= 15 is 0 Å². The Balaban J connectivity index is 1.78. The molecule has 0 aromatic heterocycles. The molecule has 1 atom stereocenters. The summed E-state index contributed by atoms with van der Waals surface area (Å²) < 4.78 is 10.5.